The van der Waals surface area contributed by atoms with E-state index in [-0.39, 0.29) is 0 Å². The van der Waals surface area contributed by atoms with E-state index >= 15 is 0 Å². The molecule has 0 bridgehead atoms. The topological polar surface area (TPSA) is 48.8 Å². The third kappa shape index (κ3) is 5.88. The fourth-order valence-electron chi connectivity index (χ4n) is 2.16. The summed E-state index contributed by atoms with van der Waals surface area (Å²) in [5.41, 5.74) is 9.18. The van der Waals surface area contributed by atoms with Gasteiger partial charge in [0.05, 0.1) is 43.9 Å². The number of rotatable bonds is 6. The third-order valence-electron chi connectivity index (χ3n) is 3.59. The summed E-state index contributed by atoms with van der Waals surface area (Å²) in [6.07, 6.45) is 3.41. The Balaban J connectivity index is 1.55. The minimum atomic E-state index is 0.472. The summed E-state index contributed by atoms with van der Waals surface area (Å²) in [7, 11) is 0. The van der Waals surface area contributed by atoms with Gasteiger partial charge >= 0.3 is 0 Å². The molecule has 0 unspecified atom stereocenters. The fourth-order valence-corrected chi connectivity index (χ4v) is 2.76. The largest absolute Gasteiger partial charge is 0.278 e. The Morgan fingerprint density at radius 1 is 0.536 bits per heavy atom. The lowest BCUT2D eigenvalue weighted by atomic mass is 10.2. The summed E-state index contributed by atoms with van der Waals surface area (Å²) in [5, 5.41) is 10.3. The molecule has 3 aromatic carbocycles. The molecule has 0 aliphatic carbocycles. The molecule has 0 aromatic heterocycles. The van der Waals surface area contributed by atoms with Crippen LogP contribution < -0.4 is 10.9 Å². The lowest BCUT2D eigenvalue weighted by Crippen LogP contribution is -1.92. The van der Waals surface area contributed by atoms with Crippen molar-refractivity contribution in [1.82, 2.24) is 0 Å². The van der Waals surface area contributed by atoms with Gasteiger partial charge in [-0.2, -0.15) is 10.2 Å². The number of halogens is 4. The van der Waals surface area contributed by atoms with Gasteiger partial charge in [-0.15, -0.1) is 0 Å². The van der Waals surface area contributed by atoms with Gasteiger partial charge < -0.3 is 0 Å². The van der Waals surface area contributed by atoms with Crippen molar-refractivity contribution < 1.29 is 0 Å². The Kier molecular flexibility index (Phi) is 7.18. The van der Waals surface area contributed by atoms with E-state index in [0.29, 0.717) is 20.1 Å². The van der Waals surface area contributed by atoms with Crippen molar-refractivity contribution in [2.24, 2.45) is 10.2 Å². The number of hydrogen-bond donors (Lipinski definition) is 2. The van der Waals surface area contributed by atoms with E-state index in [4.69, 9.17) is 46.4 Å². The molecule has 4 nitrogen and oxygen atoms in total. The lowest BCUT2D eigenvalue weighted by molar-refractivity contribution is 1.34. The van der Waals surface area contributed by atoms with Crippen molar-refractivity contribution in [2.75, 3.05) is 10.9 Å². The monoisotopic (exact) mass is 450 g/mol. The van der Waals surface area contributed by atoms with Crippen LogP contribution in [0.1, 0.15) is 11.1 Å². The van der Waals surface area contributed by atoms with Crippen LogP contribution in [0.25, 0.3) is 0 Å². The maximum atomic E-state index is 5.97. The zero-order valence-corrected chi connectivity index (χ0v) is 17.4. The summed E-state index contributed by atoms with van der Waals surface area (Å²) in [6, 6.07) is 18.2. The van der Waals surface area contributed by atoms with Crippen LogP contribution in [0.4, 0.5) is 11.4 Å². The summed E-state index contributed by atoms with van der Waals surface area (Å²) >= 11 is 23.7. The highest BCUT2D eigenvalue weighted by molar-refractivity contribution is 6.42. The Bertz CT molecular complexity index is 935. The SMILES string of the molecule is Clc1ccc(NN=Cc2ccc(C=NNc3ccc(Cl)c(Cl)c3)cc2)cc1Cl. The molecule has 0 fully saturated rings. The van der Waals surface area contributed by atoms with Crippen molar-refractivity contribution in [1.29, 1.82) is 0 Å². The highest BCUT2D eigenvalue weighted by Gasteiger charge is 1.99. The van der Waals surface area contributed by atoms with E-state index in [9.17, 15) is 0 Å². The molecule has 8 heteroatoms. The van der Waals surface area contributed by atoms with Crippen LogP contribution in [0.5, 0.6) is 0 Å². The van der Waals surface area contributed by atoms with E-state index in [1.807, 2.05) is 24.3 Å². The molecular weight excluding hydrogens is 438 g/mol. The maximum Gasteiger partial charge on any atom is 0.0613 e. The predicted octanol–water partition coefficient (Wildman–Crippen LogP) is 7.19. The van der Waals surface area contributed by atoms with Gasteiger partial charge in [-0.1, -0.05) is 70.7 Å². The van der Waals surface area contributed by atoms with Gasteiger partial charge in [0.15, 0.2) is 0 Å². The van der Waals surface area contributed by atoms with E-state index < -0.39 is 0 Å². The highest BCUT2D eigenvalue weighted by atomic mass is 35.5. The second-order valence-corrected chi connectivity index (χ2v) is 7.29. The first-order chi connectivity index (χ1) is 13.5. The smallest absolute Gasteiger partial charge is 0.0613 e. The van der Waals surface area contributed by atoms with Gasteiger partial charge in [-0.25, -0.2) is 0 Å². The second-order valence-electron chi connectivity index (χ2n) is 5.66. The van der Waals surface area contributed by atoms with Crippen LogP contribution in [0.15, 0.2) is 70.9 Å². The number of nitrogens with zero attached hydrogens (tertiary/aromatic N) is 2. The molecule has 0 atom stereocenters. The molecule has 3 rings (SSSR count). The molecule has 3 aromatic rings. The van der Waals surface area contributed by atoms with Crippen molar-refractivity contribution in [3.8, 4) is 0 Å². The maximum absolute atomic E-state index is 5.97. The van der Waals surface area contributed by atoms with Gasteiger partial charge in [-0.05, 0) is 47.5 Å². The molecule has 0 heterocycles. The van der Waals surface area contributed by atoms with Gasteiger partial charge in [0.2, 0.25) is 0 Å². The predicted molar refractivity (Wildman–Crippen MR) is 122 cm³/mol. The van der Waals surface area contributed by atoms with Gasteiger partial charge in [-0.3, -0.25) is 10.9 Å². The van der Waals surface area contributed by atoms with Crippen LogP contribution >= 0.6 is 46.4 Å². The Morgan fingerprint density at radius 3 is 1.29 bits per heavy atom. The molecule has 2 N–H and O–H groups in total. The van der Waals surface area contributed by atoms with Crippen LogP contribution in [0, 0.1) is 0 Å². The molecule has 0 saturated carbocycles. The average Bonchev–Trinajstić information content (AvgIpc) is 2.69. The number of hydrogen-bond acceptors (Lipinski definition) is 4. The normalized spacial score (nSPS) is 11.3. The quantitative estimate of drug-likeness (QED) is 0.307. The highest BCUT2D eigenvalue weighted by Crippen LogP contribution is 2.25. The number of anilines is 2. The molecule has 142 valence electrons. The third-order valence-corrected chi connectivity index (χ3v) is 5.07. The first-order valence-corrected chi connectivity index (χ1v) is 9.61. The standard InChI is InChI=1S/C20H14Cl4N4/c21-17-7-5-15(9-19(17)23)27-25-11-13-1-2-14(4-3-13)12-26-28-16-6-8-18(22)20(24)10-16/h1-12,27-28H. The summed E-state index contributed by atoms with van der Waals surface area (Å²) < 4.78 is 0. The summed E-state index contributed by atoms with van der Waals surface area (Å²) in [6.45, 7) is 0. The minimum absolute atomic E-state index is 0.472. The molecule has 0 aliphatic rings. The van der Waals surface area contributed by atoms with Crippen molar-refractivity contribution in [3.05, 3.63) is 91.9 Å². The Hall–Kier alpha value is -2.24. The van der Waals surface area contributed by atoms with E-state index in [0.717, 1.165) is 22.5 Å². The second kappa shape index (κ2) is 9.80. The first kappa shape index (κ1) is 20.5. The minimum Gasteiger partial charge on any atom is -0.278 e. The van der Waals surface area contributed by atoms with Crippen molar-refractivity contribution in [3.63, 3.8) is 0 Å². The summed E-state index contributed by atoms with van der Waals surface area (Å²) in [4.78, 5) is 0. The number of hydrazone groups is 2. The number of nitrogens with one attached hydrogen (secondary N) is 2. The first-order valence-electron chi connectivity index (χ1n) is 8.09. The molecule has 0 saturated heterocycles. The van der Waals surface area contributed by atoms with Gasteiger partial charge in [0.25, 0.3) is 0 Å². The molecule has 28 heavy (non-hydrogen) atoms. The van der Waals surface area contributed by atoms with Crippen LogP contribution in [-0.4, -0.2) is 12.4 Å². The van der Waals surface area contributed by atoms with Crippen LogP contribution in [0.3, 0.4) is 0 Å². The van der Waals surface area contributed by atoms with E-state index in [1.54, 1.807) is 48.8 Å². The Labute approximate surface area is 182 Å². The Morgan fingerprint density at radius 2 is 0.929 bits per heavy atom. The van der Waals surface area contributed by atoms with Crippen LogP contribution in [-0.2, 0) is 0 Å². The van der Waals surface area contributed by atoms with E-state index in [2.05, 4.69) is 21.1 Å². The zero-order valence-electron chi connectivity index (χ0n) is 14.3. The molecular formula is C20H14Cl4N4. The van der Waals surface area contributed by atoms with Gasteiger partial charge in [0.1, 0.15) is 0 Å². The van der Waals surface area contributed by atoms with Crippen LogP contribution in [0.2, 0.25) is 20.1 Å². The summed E-state index contributed by atoms with van der Waals surface area (Å²) in [5.74, 6) is 0. The fraction of sp³-hybridized carbons (Fsp3) is 0. The zero-order chi connectivity index (χ0) is 19.9. The van der Waals surface area contributed by atoms with Gasteiger partial charge in [0, 0.05) is 0 Å². The molecule has 0 amide bonds. The van der Waals surface area contributed by atoms with Crippen molar-refractivity contribution >= 4 is 70.2 Å². The number of benzene rings is 3. The average molecular weight is 452 g/mol. The molecule has 0 aliphatic heterocycles. The van der Waals surface area contributed by atoms with Crippen molar-refractivity contribution in [2.45, 2.75) is 0 Å². The molecule has 0 radical (unpaired) electrons. The molecule has 0 spiro atoms. The lowest BCUT2D eigenvalue weighted by Gasteiger charge is -2.02. The van der Waals surface area contributed by atoms with E-state index in [1.165, 1.54) is 0 Å².